The molecule has 0 aromatic carbocycles. The third kappa shape index (κ3) is 3.65. The van der Waals surface area contributed by atoms with Crippen molar-refractivity contribution in [2.24, 2.45) is 0 Å². The number of ether oxygens (including phenoxy) is 1. The monoisotopic (exact) mass is 352 g/mol. The number of rotatable bonds is 5. The van der Waals surface area contributed by atoms with Crippen LogP contribution in [0.1, 0.15) is 24.8 Å². The molecule has 6 nitrogen and oxygen atoms in total. The highest BCUT2D eigenvalue weighted by Gasteiger charge is 2.33. The highest BCUT2D eigenvalue weighted by Crippen LogP contribution is 2.26. The Kier molecular flexibility index (Phi) is 5.02. The average molecular weight is 352 g/mol. The fourth-order valence-electron chi connectivity index (χ4n) is 3.59. The van der Waals surface area contributed by atoms with Crippen LogP contribution in [-0.2, 0) is 16.0 Å². The zero-order chi connectivity index (χ0) is 17.8. The molecule has 1 aromatic rings. The summed E-state index contributed by atoms with van der Waals surface area (Å²) in [4.78, 5) is 19.0. The standard InChI is InChI=1S/C20H24N4O2/c25-20(22-14-16-7-2-4-11-26-16)19-17-8-1-3-10-24(17)18(23-19)12-15-6-5-9-21-13-15/h1,3,5-6,8-10,13,16,18,23H,2,4,7,11-12,14H2,(H,22,25). The largest absolute Gasteiger partial charge is 0.376 e. The zero-order valence-corrected chi connectivity index (χ0v) is 14.7. The number of carbonyl (C=O) groups excluding carboxylic acids is 1. The van der Waals surface area contributed by atoms with Crippen LogP contribution in [0.25, 0.3) is 0 Å². The second kappa shape index (κ2) is 7.74. The Hall–Kier alpha value is -2.60. The van der Waals surface area contributed by atoms with Gasteiger partial charge in [0.05, 0.1) is 11.8 Å². The predicted molar refractivity (Wildman–Crippen MR) is 98.6 cm³/mol. The van der Waals surface area contributed by atoms with E-state index in [1.165, 1.54) is 6.42 Å². The van der Waals surface area contributed by atoms with Gasteiger partial charge in [-0.25, -0.2) is 0 Å². The van der Waals surface area contributed by atoms with E-state index in [0.29, 0.717) is 12.2 Å². The van der Waals surface area contributed by atoms with E-state index in [9.17, 15) is 4.79 Å². The topological polar surface area (TPSA) is 66.5 Å². The van der Waals surface area contributed by atoms with Crippen LogP contribution in [0.5, 0.6) is 0 Å². The first-order valence-electron chi connectivity index (χ1n) is 9.24. The van der Waals surface area contributed by atoms with E-state index < -0.39 is 0 Å². The van der Waals surface area contributed by atoms with Crippen LogP contribution in [-0.4, -0.2) is 41.2 Å². The van der Waals surface area contributed by atoms with Crippen molar-refractivity contribution in [1.29, 1.82) is 0 Å². The molecule has 0 saturated carbocycles. The molecule has 3 aliphatic rings. The van der Waals surface area contributed by atoms with Gasteiger partial charge in [-0.05, 0) is 43.0 Å². The molecule has 1 amide bonds. The molecule has 0 aliphatic carbocycles. The molecule has 3 aliphatic heterocycles. The van der Waals surface area contributed by atoms with Gasteiger partial charge in [0.15, 0.2) is 0 Å². The maximum absolute atomic E-state index is 12.8. The zero-order valence-electron chi connectivity index (χ0n) is 14.7. The summed E-state index contributed by atoms with van der Waals surface area (Å²) >= 11 is 0. The second-order valence-corrected chi connectivity index (χ2v) is 6.79. The highest BCUT2D eigenvalue weighted by atomic mass is 16.5. The molecule has 136 valence electrons. The molecule has 0 radical (unpaired) electrons. The third-order valence-electron chi connectivity index (χ3n) is 4.94. The Balaban J connectivity index is 1.43. The van der Waals surface area contributed by atoms with Crippen molar-refractivity contribution >= 4 is 5.91 Å². The molecule has 2 atom stereocenters. The third-order valence-corrected chi connectivity index (χ3v) is 4.94. The molecular weight excluding hydrogens is 328 g/mol. The molecule has 0 spiro atoms. The number of hydrogen-bond acceptors (Lipinski definition) is 5. The van der Waals surface area contributed by atoms with Gasteiger partial charge in [-0.1, -0.05) is 12.1 Å². The first-order chi connectivity index (χ1) is 12.8. The maximum atomic E-state index is 12.8. The molecule has 26 heavy (non-hydrogen) atoms. The summed E-state index contributed by atoms with van der Waals surface area (Å²) in [5, 5.41) is 6.42. The van der Waals surface area contributed by atoms with Gasteiger partial charge in [0.25, 0.3) is 5.91 Å². The number of hydrogen-bond donors (Lipinski definition) is 2. The highest BCUT2D eigenvalue weighted by molar-refractivity contribution is 5.94. The lowest BCUT2D eigenvalue weighted by Crippen LogP contribution is -2.41. The second-order valence-electron chi connectivity index (χ2n) is 6.79. The van der Waals surface area contributed by atoms with Crippen LogP contribution < -0.4 is 10.6 Å². The molecular formula is C20H24N4O2. The lowest BCUT2D eigenvalue weighted by molar-refractivity contribution is -0.118. The Labute approximate surface area is 153 Å². The van der Waals surface area contributed by atoms with Crippen molar-refractivity contribution in [3.05, 3.63) is 65.9 Å². The Morgan fingerprint density at radius 2 is 2.35 bits per heavy atom. The van der Waals surface area contributed by atoms with Gasteiger partial charge in [0, 0.05) is 38.2 Å². The van der Waals surface area contributed by atoms with E-state index in [0.717, 1.165) is 37.1 Å². The number of fused-ring (bicyclic) bond motifs is 1. The van der Waals surface area contributed by atoms with Gasteiger partial charge in [-0.3, -0.25) is 9.78 Å². The van der Waals surface area contributed by atoms with Crippen molar-refractivity contribution in [2.45, 2.75) is 38.0 Å². The molecule has 4 heterocycles. The summed E-state index contributed by atoms with van der Waals surface area (Å²) in [5.74, 6) is -0.0761. The Bertz CT molecular complexity index is 735. The SMILES string of the molecule is O=C(NCC1CCCCO1)C1=C2C=CC=CN2C(Cc2cccnc2)N1. The number of nitrogens with one attached hydrogen (secondary N) is 2. The number of amides is 1. The minimum Gasteiger partial charge on any atom is -0.376 e. The van der Waals surface area contributed by atoms with Crippen LogP contribution in [0.3, 0.4) is 0 Å². The first-order valence-corrected chi connectivity index (χ1v) is 9.24. The van der Waals surface area contributed by atoms with E-state index in [4.69, 9.17) is 4.74 Å². The Morgan fingerprint density at radius 1 is 1.38 bits per heavy atom. The quantitative estimate of drug-likeness (QED) is 0.846. The average Bonchev–Trinajstić information content (AvgIpc) is 3.06. The fraction of sp³-hybridized carbons (Fsp3) is 0.400. The number of carbonyl (C=O) groups is 1. The molecule has 4 rings (SSSR count). The van der Waals surface area contributed by atoms with Crippen molar-refractivity contribution in [3.8, 4) is 0 Å². The van der Waals surface area contributed by atoms with E-state index in [-0.39, 0.29) is 18.2 Å². The first kappa shape index (κ1) is 16.8. The summed E-state index contributed by atoms with van der Waals surface area (Å²) in [6.07, 6.45) is 15.7. The fourth-order valence-corrected chi connectivity index (χ4v) is 3.59. The summed E-state index contributed by atoms with van der Waals surface area (Å²) in [6, 6.07) is 3.98. The number of nitrogens with zero attached hydrogens (tertiary/aromatic N) is 2. The minimum atomic E-state index is -0.0761. The predicted octanol–water partition coefficient (Wildman–Crippen LogP) is 1.84. The van der Waals surface area contributed by atoms with Crippen LogP contribution in [0.4, 0.5) is 0 Å². The minimum absolute atomic E-state index is 0.00193. The lowest BCUT2D eigenvalue weighted by atomic mass is 10.1. The summed E-state index contributed by atoms with van der Waals surface area (Å²) in [6.45, 7) is 1.35. The van der Waals surface area contributed by atoms with E-state index in [1.54, 1.807) is 6.20 Å². The van der Waals surface area contributed by atoms with Gasteiger partial charge in [0.1, 0.15) is 11.9 Å². The van der Waals surface area contributed by atoms with Crippen LogP contribution in [0.2, 0.25) is 0 Å². The molecule has 6 heteroatoms. The normalized spacial score (nSPS) is 24.4. The van der Waals surface area contributed by atoms with Gasteiger partial charge < -0.3 is 20.3 Å². The van der Waals surface area contributed by atoms with Crippen molar-refractivity contribution in [1.82, 2.24) is 20.5 Å². The van der Waals surface area contributed by atoms with Crippen LogP contribution >= 0.6 is 0 Å². The summed E-state index contributed by atoms with van der Waals surface area (Å²) in [7, 11) is 0. The molecule has 2 unspecified atom stereocenters. The molecule has 2 N–H and O–H groups in total. The van der Waals surface area contributed by atoms with E-state index >= 15 is 0 Å². The van der Waals surface area contributed by atoms with Gasteiger partial charge in [-0.15, -0.1) is 0 Å². The van der Waals surface area contributed by atoms with Crippen molar-refractivity contribution < 1.29 is 9.53 Å². The Morgan fingerprint density at radius 3 is 3.15 bits per heavy atom. The number of allylic oxidation sites excluding steroid dienone is 3. The van der Waals surface area contributed by atoms with Gasteiger partial charge >= 0.3 is 0 Å². The lowest BCUT2D eigenvalue weighted by Gasteiger charge is -2.25. The van der Waals surface area contributed by atoms with Crippen molar-refractivity contribution in [3.63, 3.8) is 0 Å². The van der Waals surface area contributed by atoms with E-state index in [1.807, 2.05) is 36.7 Å². The molecule has 1 fully saturated rings. The number of pyridine rings is 1. The number of aromatic nitrogens is 1. The molecule has 1 aromatic heterocycles. The van der Waals surface area contributed by atoms with Gasteiger partial charge in [0.2, 0.25) is 0 Å². The smallest absolute Gasteiger partial charge is 0.269 e. The molecule has 0 bridgehead atoms. The maximum Gasteiger partial charge on any atom is 0.269 e. The summed E-state index contributed by atoms with van der Waals surface area (Å²) < 4.78 is 5.70. The van der Waals surface area contributed by atoms with Gasteiger partial charge in [-0.2, -0.15) is 0 Å². The van der Waals surface area contributed by atoms with Crippen molar-refractivity contribution in [2.75, 3.05) is 13.2 Å². The van der Waals surface area contributed by atoms with Crippen LogP contribution in [0.15, 0.2) is 60.3 Å². The van der Waals surface area contributed by atoms with E-state index in [2.05, 4.69) is 26.6 Å². The molecule has 1 saturated heterocycles. The summed E-state index contributed by atoms with van der Waals surface area (Å²) in [5.41, 5.74) is 2.66. The van der Waals surface area contributed by atoms with Crippen LogP contribution in [0, 0.1) is 0 Å².